The standard InChI is InChI=1S/C16H15N3/c1-11-4-2-6-15(16(11)17)19-13-7-8-14-12(10-13)5-3-9-18-14/h2-10,19H,17H2,1H3. The summed E-state index contributed by atoms with van der Waals surface area (Å²) >= 11 is 0. The van der Waals surface area contributed by atoms with Crippen LogP contribution >= 0.6 is 0 Å². The van der Waals surface area contributed by atoms with E-state index in [9.17, 15) is 0 Å². The van der Waals surface area contributed by atoms with Gasteiger partial charge < -0.3 is 11.1 Å². The third kappa shape index (κ3) is 2.22. The molecular formula is C16H15N3. The summed E-state index contributed by atoms with van der Waals surface area (Å²) in [4.78, 5) is 4.31. The molecule has 2 aromatic carbocycles. The van der Waals surface area contributed by atoms with Crippen LogP contribution in [0.4, 0.5) is 17.1 Å². The predicted octanol–water partition coefficient (Wildman–Crippen LogP) is 3.87. The van der Waals surface area contributed by atoms with Crippen molar-refractivity contribution < 1.29 is 0 Å². The zero-order valence-electron chi connectivity index (χ0n) is 10.7. The van der Waals surface area contributed by atoms with E-state index in [1.54, 1.807) is 6.20 Å². The van der Waals surface area contributed by atoms with Gasteiger partial charge in [-0.25, -0.2) is 0 Å². The molecule has 19 heavy (non-hydrogen) atoms. The fraction of sp³-hybridized carbons (Fsp3) is 0.0625. The number of benzene rings is 2. The highest BCUT2D eigenvalue weighted by Crippen LogP contribution is 2.27. The van der Waals surface area contributed by atoms with Gasteiger partial charge in [0.05, 0.1) is 16.9 Å². The topological polar surface area (TPSA) is 50.9 Å². The van der Waals surface area contributed by atoms with Crippen molar-refractivity contribution in [3.05, 3.63) is 60.3 Å². The Bertz CT molecular complexity index is 735. The van der Waals surface area contributed by atoms with Crippen LogP contribution in [0.2, 0.25) is 0 Å². The van der Waals surface area contributed by atoms with E-state index in [4.69, 9.17) is 5.73 Å². The predicted molar refractivity (Wildman–Crippen MR) is 80.6 cm³/mol. The normalized spacial score (nSPS) is 10.6. The molecule has 3 N–H and O–H groups in total. The van der Waals surface area contributed by atoms with E-state index >= 15 is 0 Å². The largest absolute Gasteiger partial charge is 0.397 e. The summed E-state index contributed by atoms with van der Waals surface area (Å²) < 4.78 is 0. The Morgan fingerprint density at radius 3 is 2.84 bits per heavy atom. The minimum Gasteiger partial charge on any atom is -0.397 e. The fourth-order valence-electron chi connectivity index (χ4n) is 2.10. The molecule has 0 amide bonds. The van der Waals surface area contributed by atoms with Gasteiger partial charge in [0.25, 0.3) is 0 Å². The van der Waals surface area contributed by atoms with Crippen LogP contribution in [0.25, 0.3) is 10.9 Å². The highest BCUT2D eigenvalue weighted by Gasteiger charge is 2.02. The smallest absolute Gasteiger partial charge is 0.0703 e. The molecule has 1 aromatic heterocycles. The number of nitrogens with two attached hydrogens (primary N) is 1. The number of fused-ring (bicyclic) bond motifs is 1. The number of aryl methyl sites for hydroxylation is 1. The average Bonchev–Trinajstić information content (AvgIpc) is 2.44. The molecule has 0 atom stereocenters. The lowest BCUT2D eigenvalue weighted by Gasteiger charge is -2.11. The van der Waals surface area contributed by atoms with Crippen molar-refractivity contribution in [1.82, 2.24) is 4.98 Å². The average molecular weight is 249 g/mol. The second kappa shape index (κ2) is 4.61. The quantitative estimate of drug-likeness (QED) is 0.678. The van der Waals surface area contributed by atoms with Crippen LogP contribution in [0.15, 0.2) is 54.7 Å². The van der Waals surface area contributed by atoms with Crippen molar-refractivity contribution in [2.45, 2.75) is 6.92 Å². The van der Waals surface area contributed by atoms with Crippen molar-refractivity contribution in [3.63, 3.8) is 0 Å². The number of nitrogen functional groups attached to an aromatic ring is 1. The molecule has 3 aromatic rings. The molecule has 3 heteroatoms. The number of aromatic nitrogens is 1. The first kappa shape index (κ1) is 11.5. The number of para-hydroxylation sites is 1. The molecule has 0 unspecified atom stereocenters. The zero-order valence-corrected chi connectivity index (χ0v) is 10.7. The van der Waals surface area contributed by atoms with E-state index in [1.807, 2.05) is 49.4 Å². The summed E-state index contributed by atoms with van der Waals surface area (Å²) in [5, 5.41) is 4.46. The van der Waals surface area contributed by atoms with E-state index in [0.717, 1.165) is 33.5 Å². The first-order valence-electron chi connectivity index (χ1n) is 6.21. The third-order valence-corrected chi connectivity index (χ3v) is 3.21. The lowest BCUT2D eigenvalue weighted by atomic mass is 10.1. The summed E-state index contributed by atoms with van der Waals surface area (Å²) in [6.07, 6.45) is 1.80. The van der Waals surface area contributed by atoms with Crippen LogP contribution in [0, 0.1) is 6.92 Å². The second-order valence-electron chi connectivity index (χ2n) is 4.57. The SMILES string of the molecule is Cc1cccc(Nc2ccc3ncccc3c2)c1N. The van der Waals surface area contributed by atoms with Gasteiger partial charge in [-0.05, 0) is 42.8 Å². The molecule has 3 rings (SSSR count). The van der Waals surface area contributed by atoms with Gasteiger partial charge in [0.2, 0.25) is 0 Å². The van der Waals surface area contributed by atoms with Gasteiger partial charge in [0.15, 0.2) is 0 Å². The van der Waals surface area contributed by atoms with Crippen molar-refractivity contribution >= 4 is 28.0 Å². The Morgan fingerprint density at radius 1 is 1.05 bits per heavy atom. The molecular weight excluding hydrogens is 234 g/mol. The molecule has 0 aliphatic carbocycles. The number of nitrogens with zero attached hydrogens (tertiary/aromatic N) is 1. The number of rotatable bonds is 2. The Labute approximate surface area is 112 Å². The van der Waals surface area contributed by atoms with Gasteiger partial charge in [-0.3, -0.25) is 4.98 Å². The van der Waals surface area contributed by atoms with Crippen molar-refractivity contribution in [1.29, 1.82) is 0 Å². The number of anilines is 3. The molecule has 0 aliphatic heterocycles. The highest BCUT2D eigenvalue weighted by molar-refractivity contribution is 5.84. The molecule has 3 nitrogen and oxygen atoms in total. The van der Waals surface area contributed by atoms with Crippen LogP contribution in [0.5, 0.6) is 0 Å². The molecule has 0 spiro atoms. The first-order chi connectivity index (χ1) is 9.24. The zero-order chi connectivity index (χ0) is 13.2. The maximum absolute atomic E-state index is 6.07. The fourth-order valence-corrected chi connectivity index (χ4v) is 2.10. The number of nitrogens with one attached hydrogen (secondary N) is 1. The molecule has 0 bridgehead atoms. The Kier molecular flexibility index (Phi) is 2.80. The molecule has 0 aliphatic rings. The monoisotopic (exact) mass is 249 g/mol. The molecule has 1 heterocycles. The summed E-state index contributed by atoms with van der Waals surface area (Å²) in [6, 6.07) is 16.1. The Hall–Kier alpha value is -2.55. The summed E-state index contributed by atoms with van der Waals surface area (Å²) in [7, 11) is 0. The lowest BCUT2D eigenvalue weighted by Crippen LogP contribution is -1.98. The van der Waals surface area contributed by atoms with Crippen LogP contribution in [-0.4, -0.2) is 4.98 Å². The van der Waals surface area contributed by atoms with E-state index in [-0.39, 0.29) is 0 Å². The van der Waals surface area contributed by atoms with Crippen LogP contribution < -0.4 is 11.1 Å². The molecule has 94 valence electrons. The van der Waals surface area contributed by atoms with Crippen LogP contribution in [0.3, 0.4) is 0 Å². The van der Waals surface area contributed by atoms with Gasteiger partial charge in [0.1, 0.15) is 0 Å². The van der Waals surface area contributed by atoms with Crippen LogP contribution in [-0.2, 0) is 0 Å². The van der Waals surface area contributed by atoms with Crippen molar-refractivity contribution in [2.24, 2.45) is 0 Å². The maximum Gasteiger partial charge on any atom is 0.0703 e. The minimum absolute atomic E-state index is 0.786. The van der Waals surface area contributed by atoms with Gasteiger partial charge in [-0.2, -0.15) is 0 Å². The van der Waals surface area contributed by atoms with Crippen molar-refractivity contribution in [2.75, 3.05) is 11.1 Å². The van der Waals surface area contributed by atoms with Gasteiger partial charge in [-0.15, -0.1) is 0 Å². The summed E-state index contributed by atoms with van der Waals surface area (Å²) in [5.41, 5.74) is 10.9. The van der Waals surface area contributed by atoms with E-state index in [1.165, 1.54) is 0 Å². The third-order valence-electron chi connectivity index (χ3n) is 3.21. The minimum atomic E-state index is 0.786. The van der Waals surface area contributed by atoms with Gasteiger partial charge in [-0.1, -0.05) is 18.2 Å². The molecule has 0 saturated carbocycles. The van der Waals surface area contributed by atoms with Crippen LogP contribution in [0.1, 0.15) is 5.56 Å². The summed E-state index contributed by atoms with van der Waals surface area (Å²) in [5.74, 6) is 0. The van der Waals surface area contributed by atoms with Crippen molar-refractivity contribution in [3.8, 4) is 0 Å². The number of pyridine rings is 1. The highest BCUT2D eigenvalue weighted by atomic mass is 14.9. The van der Waals surface area contributed by atoms with Gasteiger partial charge >= 0.3 is 0 Å². The van der Waals surface area contributed by atoms with E-state index in [2.05, 4.69) is 16.4 Å². The maximum atomic E-state index is 6.07. The number of hydrogen-bond donors (Lipinski definition) is 2. The molecule has 0 fully saturated rings. The van der Waals surface area contributed by atoms with E-state index in [0.29, 0.717) is 0 Å². The Balaban J connectivity index is 1.99. The van der Waals surface area contributed by atoms with Gasteiger partial charge in [0, 0.05) is 17.3 Å². The molecule has 0 radical (unpaired) electrons. The Morgan fingerprint density at radius 2 is 1.95 bits per heavy atom. The second-order valence-corrected chi connectivity index (χ2v) is 4.57. The first-order valence-corrected chi connectivity index (χ1v) is 6.21. The molecule has 0 saturated heterocycles. The number of hydrogen-bond acceptors (Lipinski definition) is 3. The lowest BCUT2D eigenvalue weighted by molar-refractivity contribution is 1.41. The summed E-state index contributed by atoms with van der Waals surface area (Å²) in [6.45, 7) is 2.00. The van der Waals surface area contributed by atoms with E-state index < -0.39 is 0 Å².